The molecular formula is C10H12BrFN2O. The Balaban J connectivity index is 2.33. The number of piperazine rings is 1. The minimum Gasteiger partial charge on any atom is -0.506 e. The van der Waals surface area contributed by atoms with Crippen molar-refractivity contribution in [2.75, 3.05) is 19.6 Å². The second-order valence-corrected chi connectivity index (χ2v) is 4.39. The van der Waals surface area contributed by atoms with Crippen LogP contribution in [-0.4, -0.2) is 24.7 Å². The van der Waals surface area contributed by atoms with Crippen LogP contribution in [0.1, 0.15) is 11.6 Å². The Morgan fingerprint density at radius 2 is 2.20 bits per heavy atom. The summed E-state index contributed by atoms with van der Waals surface area (Å²) in [5.74, 6) is -0.236. The fraction of sp³-hybridized carbons (Fsp3) is 0.400. The number of aromatic hydroxyl groups is 1. The first-order valence-electron chi connectivity index (χ1n) is 4.80. The summed E-state index contributed by atoms with van der Waals surface area (Å²) >= 11 is 3.13. The lowest BCUT2D eigenvalue weighted by Crippen LogP contribution is -2.42. The SMILES string of the molecule is Oc1c(Br)cc(F)cc1[C@H]1CNCCN1. The average Bonchev–Trinajstić information content (AvgIpc) is 2.24. The van der Waals surface area contributed by atoms with Crippen LogP contribution in [0.25, 0.3) is 0 Å². The predicted molar refractivity (Wildman–Crippen MR) is 59.4 cm³/mol. The highest BCUT2D eigenvalue weighted by molar-refractivity contribution is 9.10. The molecule has 0 amide bonds. The van der Waals surface area contributed by atoms with Crippen LogP contribution >= 0.6 is 15.9 Å². The van der Waals surface area contributed by atoms with Crippen molar-refractivity contribution in [2.24, 2.45) is 0 Å². The molecule has 0 bridgehead atoms. The van der Waals surface area contributed by atoms with Gasteiger partial charge in [-0.15, -0.1) is 0 Å². The van der Waals surface area contributed by atoms with Gasteiger partial charge in [0.25, 0.3) is 0 Å². The van der Waals surface area contributed by atoms with E-state index in [0.717, 1.165) is 13.1 Å². The number of phenolic OH excluding ortho intramolecular Hbond substituents is 1. The second-order valence-electron chi connectivity index (χ2n) is 3.54. The molecule has 3 nitrogen and oxygen atoms in total. The van der Waals surface area contributed by atoms with Crippen LogP contribution in [0.3, 0.4) is 0 Å². The third-order valence-corrected chi connectivity index (χ3v) is 3.08. The minimum absolute atomic E-state index is 0.0363. The zero-order valence-corrected chi connectivity index (χ0v) is 9.64. The van der Waals surface area contributed by atoms with Gasteiger partial charge in [0.2, 0.25) is 0 Å². The molecule has 5 heteroatoms. The normalized spacial score (nSPS) is 21.6. The van der Waals surface area contributed by atoms with Crippen LogP contribution in [0.2, 0.25) is 0 Å². The van der Waals surface area contributed by atoms with Gasteiger partial charge in [-0.2, -0.15) is 0 Å². The lowest BCUT2D eigenvalue weighted by Gasteiger charge is -2.25. The fourth-order valence-electron chi connectivity index (χ4n) is 1.72. The van der Waals surface area contributed by atoms with E-state index in [4.69, 9.17) is 0 Å². The molecule has 0 unspecified atom stereocenters. The van der Waals surface area contributed by atoms with Crippen LogP contribution in [-0.2, 0) is 0 Å². The van der Waals surface area contributed by atoms with Crippen molar-refractivity contribution in [3.8, 4) is 5.75 Å². The van der Waals surface area contributed by atoms with E-state index in [9.17, 15) is 9.50 Å². The maximum atomic E-state index is 13.2. The lowest BCUT2D eigenvalue weighted by molar-refractivity contribution is 0.400. The second kappa shape index (κ2) is 4.47. The van der Waals surface area contributed by atoms with E-state index < -0.39 is 0 Å². The van der Waals surface area contributed by atoms with Crippen LogP contribution in [0.15, 0.2) is 16.6 Å². The first-order valence-corrected chi connectivity index (χ1v) is 5.60. The predicted octanol–water partition coefficient (Wildman–Crippen LogP) is 1.53. The van der Waals surface area contributed by atoms with E-state index in [2.05, 4.69) is 26.6 Å². The summed E-state index contributed by atoms with van der Waals surface area (Å²) in [6, 6.07) is 2.59. The molecule has 15 heavy (non-hydrogen) atoms. The maximum Gasteiger partial charge on any atom is 0.134 e. The van der Waals surface area contributed by atoms with Gasteiger partial charge in [0, 0.05) is 31.2 Å². The largest absolute Gasteiger partial charge is 0.506 e. The summed E-state index contributed by atoms with van der Waals surface area (Å²) in [5, 5.41) is 16.2. The summed E-state index contributed by atoms with van der Waals surface area (Å²) in [7, 11) is 0. The van der Waals surface area contributed by atoms with Gasteiger partial charge in [-0.1, -0.05) is 0 Å². The highest BCUT2D eigenvalue weighted by Gasteiger charge is 2.19. The number of hydrogen-bond acceptors (Lipinski definition) is 3. The third-order valence-electron chi connectivity index (χ3n) is 2.47. The molecule has 1 aromatic carbocycles. The van der Waals surface area contributed by atoms with Gasteiger partial charge in [0.1, 0.15) is 11.6 Å². The number of nitrogens with one attached hydrogen (secondary N) is 2. The Morgan fingerprint density at radius 1 is 1.40 bits per heavy atom. The molecule has 0 spiro atoms. The Bertz CT molecular complexity index is 367. The Hall–Kier alpha value is -0.650. The molecule has 1 atom stereocenters. The molecule has 1 saturated heterocycles. The number of benzene rings is 1. The number of rotatable bonds is 1. The van der Waals surface area contributed by atoms with Crippen LogP contribution in [0.4, 0.5) is 4.39 Å². The first-order chi connectivity index (χ1) is 7.18. The molecule has 1 aliphatic rings. The number of hydrogen-bond donors (Lipinski definition) is 3. The van der Waals surface area contributed by atoms with Crippen LogP contribution in [0, 0.1) is 5.82 Å². The molecule has 0 saturated carbocycles. The minimum atomic E-state index is -0.345. The van der Waals surface area contributed by atoms with Gasteiger partial charge in [-0.3, -0.25) is 0 Å². The Kier molecular flexibility index (Phi) is 3.23. The van der Waals surface area contributed by atoms with Gasteiger partial charge >= 0.3 is 0 Å². The first kappa shape index (κ1) is 10.9. The molecule has 0 aromatic heterocycles. The molecule has 1 fully saturated rings. The molecule has 1 aliphatic heterocycles. The molecule has 0 aliphatic carbocycles. The van der Waals surface area contributed by atoms with E-state index in [1.807, 2.05) is 0 Å². The van der Waals surface area contributed by atoms with Crippen molar-refractivity contribution in [1.82, 2.24) is 10.6 Å². The maximum absolute atomic E-state index is 13.2. The summed E-state index contributed by atoms with van der Waals surface area (Å²) in [6.45, 7) is 2.41. The zero-order valence-electron chi connectivity index (χ0n) is 8.06. The quantitative estimate of drug-likeness (QED) is 0.728. The van der Waals surface area contributed by atoms with Gasteiger partial charge < -0.3 is 15.7 Å². The summed E-state index contributed by atoms with van der Waals surface area (Å²) < 4.78 is 13.6. The van der Waals surface area contributed by atoms with Crippen molar-refractivity contribution in [1.29, 1.82) is 0 Å². The molecule has 0 radical (unpaired) electrons. The number of halogens is 2. The highest BCUT2D eigenvalue weighted by Crippen LogP contribution is 2.33. The van der Waals surface area contributed by atoms with Gasteiger partial charge in [0.15, 0.2) is 0 Å². The van der Waals surface area contributed by atoms with E-state index in [0.29, 0.717) is 16.6 Å². The van der Waals surface area contributed by atoms with Crippen molar-refractivity contribution < 1.29 is 9.50 Å². The van der Waals surface area contributed by atoms with E-state index in [1.54, 1.807) is 0 Å². The molecule has 1 aromatic rings. The zero-order chi connectivity index (χ0) is 10.8. The number of phenols is 1. The fourth-order valence-corrected chi connectivity index (χ4v) is 2.17. The van der Waals surface area contributed by atoms with Crippen molar-refractivity contribution in [3.63, 3.8) is 0 Å². The highest BCUT2D eigenvalue weighted by atomic mass is 79.9. The summed E-state index contributed by atoms with van der Waals surface area (Å²) in [6.07, 6.45) is 0. The van der Waals surface area contributed by atoms with E-state index >= 15 is 0 Å². The van der Waals surface area contributed by atoms with Crippen molar-refractivity contribution in [2.45, 2.75) is 6.04 Å². The monoisotopic (exact) mass is 274 g/mol. The summed E-state index contributed by atoms with van der Waals surface area (Å²) in [5.41, 5.74) is 0.592. The molecule has 3 N–H and O–H groups in total. The van der Waals surface area contributed by atoms with Crippen LogP contribution < -0.4 is 10.6 Å². The van der Waals surface area contributed by atoms with Gasteiger partial charge in [-0.25, -0.2) is 4.39 Å². The van der Waals surface area contributed by atoms with E-state index in [1.165, 1.54) is 12.1 Å². The van der Waals surface area contributed by atoms with Gasteiger partial charge in [-0.05, 0) is 28.1 Å². The lowest BCUT2D eigenvalue weighted by atomic mass is 10.0. The molecule has 1 heterocycles. The Morgan fingerprint density at radius 3 is 2.87 bits per heavy atom. The third kappa shape index (κ3) is 2.30. The summed E-state index contributed by atoms with van der Waals surface area (Å²) in [4.78, 5) is 0. The van der Waals surface area contributed by atoms with Gasteiger partial charge in [0.05, 0.1) is 4.47 Å². The van der Waals surface area contributed by atoms with Crippen molar-refractivity contribution >= 4 is 15.9 Å². The molecule has 82 valence electrons. The molecular weight excluding hydrogens is 263 g/mol. The Labute approximate surface area is 95.8 Å². The average molecular weight is 275 g/mol. The van der Waals surface area contributed by atoms with E-state index in [-0.39, 0.29) is 17.6 Å². The van der Waals surface area contributed by atoms with Crippen molar-refractivity contribution in [3.05, 3.63) is 28.0 Å². The molecule has 2 rings (SSSR count). The standard InChI is InChI=1S/C10H12BrFN2O/c11-8-4-6(12)3-7(10(8)15)9-5-13-1-2-14-9/h3-4,9,13-15H,1-2,5H2/t9-/m1/s1. The topological polar surface area (TPSA) is 44.3 Å². The smallest absolute Gasteiger partial charge is 0.134 e. The van der Waals surface area contributed by atoms with Crippen LogP contribution in [0.5, 0.6) is 5.75 Å².